The first-order valence-electron chi connectivity index (χ1n) is 9.69. The van der Waals surface area contributed by atoms with Gasteiger partial charge in [0.1, 0.15) is 5.58 Å². The van der Waals surface area contributed by atoms with E-state index in [1.807, 2.05) is 12.1 Å². The smallest absolute Gasteiger partial charge is 0.336 e. The Bertz CT molecular complexity index is 1110. The number of hydrogen-bond acceptors (Lipinski definition) is 6. The minimum Gasteiger partial charge on any atom is -0.454 e. The van der Waals surface area contributed by atoms with Gasteiger partial charge >= 0.3 is 5.63 Å². The molecule has 150 valence electrons. The second-order valence-corrected chi connectivity index (χ2v) is 7.91. The van der Waals surface area contributed by atoms with Crippen molar-refractivity contribution in [2.45, 2.75) is 13.1 Å². The van der Waals surface area contributed by atoms with Gasteiger partial charge in [-0.05, 0) is 41.5 Å². The van der Waals surface area contributed by atoms with Crippen LogP contribution in [0.25, 0.3) is 11.0 Å². The third-order valence-corrected chi connectivity index (χ3v) is 5.73. The summed E-state index contributed by atoms with van der Waals surface area (Å²) in [5, 5.41) is 1.54. The van der Waals surface area contributed by atoms with Crippen LogP contribution in [0.2, 0.25) is 5.02 Å². The highest BCUT2D eigenvalue weighted by atomic mass is 35.5. The van der Waals surface area contributed by atoms with Gasteiger partial charge in [-0.2, -0.15) is 0 Å². The van der Waals surface area contributed by atoms with Crippen molar-refractivity contribution in [1.82, 2.24) is 9.80 Å². The van der Waals surface area contributed by atoms with E-state index in [0.717, 1.165) is 55.2 Å². The van der Waals surface area contributed by atoms with E-state index in [1.165, 1.54) is 5.56 Å². The van der Waals surface area contributed by atoms with E-state index in [-0.39, 0.29) is 5.63 Å². The molecule has 2 aliphatic rings. The van der Waals surface area contributed by atoms with E-state index in [9.17, 15) is 4.79 Å². The van der Waals surface area contributed by atoms with Gasteiger partial charge in [-0.1, -0.05) is 17.7 Å². The van der Waals surface area contributed by atoms with Crippen LogP contribution in [0.15, 0.2) is 51.7 Å². The van der Waals surface area contributed by atoms with Crippen LogP contribution in [0, 0.1) is 0 Å². The average Bonchev–Trinajstić information content (AvgIpc) is 3.18. The van der Waals surface area contributed by atoms with Crippen molar-refractivity contribution in [3.05, 3.63) is 69.0 Å². The summed E-state index contributed by atoms with van der Waals surface area (Å²) < 4.78 is 16.2. The predicted octanol–water partition coefficient (Wildman–Crippen LogP) is 3.49. The second-order valence-electron chi connectivity index (χ2n) is 7.47. The molecule has 0 atom stereocenters. The number of halogens is 1. The molecule has 0 aliphatic carbocycles. The van der Waals surface area contributed by atoms with Crippen LogP contribution >= 0.6 is 11.6 Å². The summed E-state index contributed by atoms with van der Waals surface area (Å²) in [4.78, 5) is 16.7. The molecule has 1 aromatic heterocycles. The molecule has 0 unspecified atom stereocenters. The van der Waals surface area contributed by atoms with E-state index < -0.39 is 0 Å². The number of nitrogens with zero attached hydrogens (tertiary/aromatic N) is 2. The molecule has 2 aliphatic heterocycles. The van der Waals surface area contributed by atoms with E-state index in [1.54, 1.807) is 18.2 Å². The summed E-state index contributed by atoms with van der Waals surface area (Å²) in [6.45, 7) is 5.70. The third kappa shape index (κ3) is 3.96. The van der Waals surface area contributed by atoms with Crippen LogP contribution < -0.4 is 15.1 Å². The zero-order valence-electron chi connectivity index (χ0n) is 15.9. The molecule has 5 rings (SSSR count). The fourth-order valence-corrected chi connectivity index (χ4v) is 4.15. The van der Waals surface area contributed by atoms with Gasteiger partial charge in [0.05, 0.1) is 0 Å². The molecule has 3 heterocycles. The van der Waals surface area contributed by atoms with Crippen molar-refractivity contribution >= 4 is 22.6 Å². The van der Waals surface area contributed by atoms with Crippen LogP contribution in [-0.2, 0) is 13.1 Å². The van der Waals surface area contributed by atoms with Crippen molar-refractivity contribution in [2.24, 2.45) is 0 Å². The molecule has 0 saturated carbocycles. The van der Waals surface area contributed by atoms with Gasteiger partial charge < -0.3 is 13.9 Å². The molecule has 2 aromatic carbocycles. The van der Waals surface area contributed by atoms with Crippen molar-refractivity contribution in [3.8, 4) is 11.5 Å². The Morgan fingerprint density at radius 3 is 2.45 bits per heavy atom. The third-order valence-electron chi connectivity index (χ3n) is 5.49. The van der Waals surface area contributed by atoms with Crippen LogP contribution in [0.5, 0.6) is 11.5 Å². The van der Waals surface area contributed by atoms with Crippen LogP contribution in [0.4, 0.5) is 0 Å². The monoisotopic (exact) mass is 412 g/mol. The number of hydrogen-bond donors (Lipinski definition) is 0. The Balaban J connectivity index is 1.24. The minimum atomic E-state index is -0.323. The van der Waals surface area contributed by atoms with Gasteiger partial charge in [-0.25, -0.2) is 4.79 Å². The summed E-state index contributed by atoms with van der Waals surface area (Å²) in [5.74, 6) is 1.65. The molecule has 0 N–H and O–H groups in total. The molecule has 0 bridgehead atoms. The zero-order chi connectivity index (χ0) is 19.8. The molecular formula is C22H21ClN2O4. The summed E-state index contributed by atoms with van der Waals surface area (Å²) in [7, 11) is 0. The lowest BCUT2D eigenvalue weighted by Gasteiger charge is -2.34. The highest BCUT2D eigenvalue weighted by Crippen LogP contribution is 2.33. The molecule has 29 heavy (non-hydrogen) atoms. The van der Waals surface area contributed by atoms with E-state index >= 15 is 0 Å². The van der Waals surface area contributed by atoms with Crippen LogP contribution in [-0.4, -0.2) is 42.8 Å². The van der Waals surface area contributed by atoms with Crippen LogP contribution in [0.3, 0.4) is 0 Å². The Morgan fingerprint density at radius 2 is 1.62 bits per heavy atom. The number of benzene rings is 2. The summed E-state index contributed by atoms with van der Waals surface area (Å²) in [6.07, 6.45) is 0. The number of ether oxygens (including phenoxy) is 2. The molecule has 1 fully saturated rings. The molecular weight excluding hydrogens is 392 g/mol. The van der Waals surface area contributed by atoms with E-state index in [2.05, 4.69) is 21.9 Å². The minimum absolute atomic E-state index is 0.301. The molecule has 0 spiro atoms. The predicted molar refractivity (Wildman–Crippen MR) is 111 cm³/mol. The molecule has 6 nitrogen and oxygen atoms in total. The first-order chi connectivity index (χ1) is 14.1. The Hall–Kier alpha value is -2.54. The lowest BCUT2D eigenvalue weighted by molar-refractivity contribution is 0.122. The normalized spacial score (nSPS) is 17.1. The van der Waals surface area contributed by atoms with Crippen molar-refractivity contribution in [2.75, 3.05) is 33.0 Å². The topological polar surface area (TPSA) is 55.2 Å². The number of piperazine rings is 1. The quantitative estimate of drug-likeness (QED) is 0.611. The average molecular weight is 413 g/mol. The van der Waals surface area contributed by atoms with E-state index in [4.69, 9.17) is 25.5 Å². The van der Waals surface area contributed by atoms with Gasteiger partial charge in [0.15, 0.2) is 11.5 Å². The molecule has 7 heteroatoms. The Morgan fingerprint density at radius 1 is 0.862 bits per heavy atom. The lowest BCUT2D eigenvalue weighted by atomic mass is 10.1. The van der Waals surface area contributed by atoms with Crippen molar-refractivity contribution in [3.63, 3.8) is 0 Å². The lowest BCUT2D eigenvalue weighted by Crippen LogP contribution is -2.45. The number of fused-ring (bicyclic) bond motifs is 2. The van der Waals surface area contributed by atoms with E-state index in [0.29, 0.717) is 23.9 Å². The maximum absolute atomic E-state index is 11.9. The second kappa shape index (κ2) is 7.71. The highest BCUT2D eigenvalue weighted by molar-refractivity contribution is 6.31. The number of rotatable bonds is 4. The van der Waals surface area contributed by atoms with Gasteiger partial charge in [0.25, 0.3) is 0 Å². The summed E-state index contributed by atoms with van der Waals surface area (Å²) in [5.41, 5.74) is 2.45. The maximum atomic E-state index is 11.9. The highest BCUT2D eigenvalue weighted by Gasteiger charge is 2.20. The standard InChI is InChI=1S/C22H21ClN2O4/c23-17-2-4-19-18(11-17)16(10-22(26)29-19)13-25-7-5-24(6-8-25)12-15-1-3-20-21(9-15)28-14-27-20/h1-4,9-11H,5-8,12-14H2. The molecule has 0 amide bonds. The molecule has 1 saturated heterocycles. The first kappa shape index (κ1) is 18.5. The Labute approximate surface area is 173 Å². The van der Waals surface area contributed by atoms with Crippen molar-refractivity contribution in [1.29, 1.82) is 0 Å². The Kier molecular flexibility index (Phi) is 4.91. The van der Waals surface area contributed by atoms with Gasteiger partial charge in [-0.15, -0.1) is 0 Å². The summed E-state index contributed by atoms with van der Waals surface area (Å²) >= 11 is 6.15. The molecule has 3 aromatic rings. The van der Waals surface area contributed by atoms with Gasteiger partial charge in [0, 0.05) is 55.7 Å². The summed E-state index contributed by atoms with van der Waals surface area (Å²) in [6, 6.07) is 13.1. The van der Waals surface area contributed by atoms with Gasteiger partial charge in [0.2, 0.25) is 6.79 Å². The van der Waals surface area contributed by atoms with Crippen molar-refractivity contribution < 1.29 is 13.9 Å². The first-order valence-corrected chi connectivity index (χ1v) is 10.1. The SMILES string of the molecule is O=c1cc(CN2CCN(Cc3ccc4c(c3)OCO4)CC2)c2cc(Cl)ccc2o1. The van der Waals surface area contributed by atoms with Crippen LogP contribution in [0.1, 0.15) is 11.1 Å². The maximum Gasteiger partial charge on any atom is 0.336 e. The fraction of sp³-hybridized carbons (Fsp3) is 0.318. The fourth-order valence-electron chi connectivity index (χ4n) is 3.97. The zero-order valence-corrected chi connectivity index (χ0v) is 16.7. The molecule has 0 radical (unpaired) electrons. The van der Waals surface area contributed by atoms with Gasteiger partial charge in [-0.3, -0.25) is 9.80 Å². The largest absolute Gasteiger partial charge is 0.454 e.